The quantitative estimate of drug-likeness (QED) is 0.592. The monoisotopic (exact) mass is 285 g/mol. The number of aldehydes is 1. The van der Waals surface area contributed by atoms with Crippen molar-refractivity contribution < 1.29 is 14.3 Å². The number of nitrogens with zero attached hydrogens (tertiary/aromatic N) is 1. The Morgan fingerprint density at radius 3 is 2.84 bits per heavy atom. The van der Waals surface area contributed by atoms with Crippen molar-refractivity contribution >= 4 is 18.7 Å². The van der Waals surface area contributed by atoms with E-state index in [0.717, 1.165) is 51.3 Å². The number of rotatable bonds is 6. The molecule has 0 aromatic heterocycles. The van der Waals surface area contributed by atoms with E-state index in [0.29, 0.717) is 12.2 Å². The number of hydrogen-bond acceptors (Lipinski definition) is 4. The molecule has 0 saturated carbocycles. The summed E-state index contributed by atoms with van der Waals surface area (Å²) >= 11 is 0. The average molecular weight is 286 g/mol. The van der Waals surface area contributed by atoms with Crippen LogP contribution >= 0.6 is 12.4 Å². The second kappa shape index (κ2) is 8.91. The van der Waals surface area contributed by atoms with Crippen molar-refractivity contribution in [3.8, 4) is 5.75 Å². The molecule has 0 atom stereocenters. The van der Waals surface area contributed by atoms with Crippen LogP contribution in [0, 0.1) is 0 Å². The number of ether oxygens (including phenoxy) is 2. The predicted octanol–water partition coefficient (Wildman–Crippen LogP) is 2.02. The maximum Gasteiger partial charge on any atom is 0.150 e. The molecular weight excluding hydrogens is 266 g/mol. The minimum atomic E-state index is 0. The van der Waals surface area contributed by atoms with Crippen LogP contribution in [0.25, 0.3) is 0 Å². The Hall–Kier alpha value is -1.10. The van der Waals surface area contributed by atoms with E-state index in [9.17, 15) is 4.79 Å². The van der Waals surface area contributed by atoms with Crippen LogP contribution in [0.3, 0.4) is 0 Å². The molecule has 1 saturated heterocycles. The molecule has 1 heterocycles. The van der Waals surface area contributed by atoms with Gasteiger partial charge in [0.05, 0.1) is 19.8 Å². The SMILES string of the molecule is Cl.O=Cc1cccc(OCCCN2CCOCC2)c1. The molecule has 1 aliphatic heterocycles. The highest BCUT2D eigenvalue weighted by atomic mass is 35.5. The second-order valence-corrected chi connectivity index (χ2v) is 4.35. The molecule has 4 nitrogen and oxygen atoms in total. The fourth-order valence-corrected chi connectivity index (χ4v) is 1.98. The van der Waals surface area contributed by atoms with E-state index < -0.39 is 0 Å². The van der Waals surface area contributed by atoms with E-state index in [2.05, 4.69) is 4.90 Å². The summed E-state index contributed by atoms with van der Waals surface area (Å²) in [6.07, 6.45) is 1.83. The molecule has 0 radical (unpaired) electrons. The van der Waals surface area contributed by atoms with Gasteiger partial charge in [-0.05, 0) is 18.6 Å². The Labute approximate surface area is 120 Å². The van der Waals surface area contributed by atoms with E-state index in [4.69, 9.17) is 9.47 Å². The normalized spacial score (nSPS) is 15.6. The molecule has 0 spiro atoms. The second-order valence-electron chi connectivity index (χ2n) is 4.35. The van der Waals surface area contributed by atoms with Crippen LogP contribution in [0.15, 0.2) is 24.3 Å². The number of carbonyl (C=O) groups excluding carboxylic acids is 1. The highest BCUT2D eigenvalue weighted by Gasteiger charge is 2.09. The molecule has 0 aliphatic carbocycles. The summed E-state index contributed by atoms with van der Waals surface area (Å²) in [5.74, 6) is 0.765. The molecule has 0 bridgehead atoms. The van der Waals surface area contributed by atoms with Gasteiger partial charge in [0.2, 0.25) is 0 Å². The summed E-state index contributed by atoms with van der Waals surface area (Å²) in [5.41, 5.74) is 0.653. The van der Waals surface area contributed by atoms with Gasteiger partial charge in [-0.1, -0.05) is 12.1 Å². The van der Waals surface area contributed by atoms with Crippen LogP contribution in [-0.4, -0.2) is 50.6 Å². The molecule has 1 fully saturated rings. The summed E-state index contributed by atoms with van der Waals surface area (Å²) in [5, 5.41) is 0. The number of hydrogen-bond donors (Lipinski definition) is 0. The minimum Gasteiger partial charge on any atom is -0.494 e. The van der Waals surface area contributed by atoms with E-state index in [1.165, 1.54) is 0 Å². The summed E-state index contributed by atoms with van der Waals surface area (Å²) in [6.45, 7) is 5.42. The Balaban J connectivity index is 0.00000180. The Morgan fingerprint density at radius 2 is 2.11 bits per heavy atom. The van der Waals surface area contributed by atoms with Gasteiger partial charge in [0.25, 0.3) is 0 Å². The van der Waals surface area contributed by atoms with Crippen molar-refractivity contribution in [1.29, 1.82) is 0 Å². The van der Waals surface area contributed by atoms with E-state index >= 15 is 0 Å². The molecular formula is C14H20ClNO3. The summed E-state index contributed by atoms with van der Waals surface area (Å²) in [4.78, 5) is 13.0. The number of carbonyl (C=O) groups is 1. The third-order valence-corrected chi connectivity index (χ3v) is 2.99. The van der Waals surface area contributed by atoms with Crippen LogP contribution in [0.2, 0.25) is 0 Å². The standard InChI is InChI=1S/C14H19NO3.ClH/c16-12-13-3-1-4-14(11-13)18-8-2-5-15-6-9-17-10-7-15;/h1,3-4,11-12H,2,5-10H2;1H. The Bertz CT molecular complexity index is 381. The first kappa shape index (κ1) is 16.0. The molecule has 0 unspecified atom stereocenters. The molecule has 1 aromatic rings. The summed E-state index contributed by atoms with van der Waals surface area (Å²) in [6, 6.07) is 7.25. The zero-order valence-electron chi connectivity index (χ0n) is 10.9. The van der Waals surface area contributed by atoms with Crippen molar-refractivity contribution in [3.05, 3.63) is 29.8 Å². The summed E-state index contributed by atoms with van der Waals surface area (Å²) in [7, 11) is 0. The zero-order valence-corrected chi connectivity index (χ0v) is 11.7. The molecule has 0 N–H and O–H groups in total. The molecule has 2 rings (SSSR count). The number of halogens is 1. The molecule has 19 heavy (non-hydrogen) atoms. The van der Waals surface area contributed by atoms with Crippen LogP contribution in [0.1, 0.15) is 16.8 Å². The van der Waals surface area contributed by atoms with Gasteiger partial charge >= 0.3 is 0 Å². The van der Waals surface area contributed by atoms with Crippen LogP contribution < -0.4 is 4.74 Å². The zero-order chi connectivity index (χ0) is 12.6. The first-order chi connectivity index (χ1) is 8.88. The molecule has 0 amide bonds. The molecule has 1 aliphatic rings. The van der Waals surface area contributed by atoms with Gasteiger partial charge in [-0.3, -0.25) is 9.69 Å². The topological polar surface area (TPSA) is 38.8 Å². The Kier molecular flexibility index (Phi) is 7.48. The van der Waals surface area contributed by atoms with E-state index in [-0.39, 0.29) is 12.4 Å². The van der Waals surface area contributed by atoms with Gasteiger partial charge in [-0.25, -0.2) is 0 Å². The first-order valence-electron chi connectivity index (χ1n) is 6.36. The highest BCUT2D eigenvalue weighted by Crippen LogP contribution is 2.12. The van der Waals surface area contributed by atoms with Gasteiger partial charge in [0, 0.05) is 25.2 Å². The van der Waals surface area contributed by atoms with Crippen LogP contribution in [0.5, 0.6) is 5.75 Å². The van der Waals surface area contributed by atoms with Crippen LogP contribution in [0.4, 0.5) is 0 Å². The van der Waals surface area contributed by atoms with Gasteiger partial charge in [-0.15, -0.1) is 12.4 Å². The van der Waals surface area contributed by atoms with E-state index in [1.807, 2.05) is 12.1 Å². The van der Waals surface area contributed by atoms with Gasteiger partial charge in [0.1, 0.15) is 12.0 Å². The minimum absolute atomic E-state index is 0. The van der Waals surface area contributed by atoms with Crippen molar-refractivity contribution in [2.75, 3.05) is 39.5 Å². The predicted molar refractivity (Wildman–Crippen MR) is 76.4 cm³/mol. The average Bonchev–Trinajstić information content (AvgIpc) is 2.45. The Morgan fingerprint density at radius 1 is 1.32 bits per heavy atom. The first-order valence-corrected chi connectivity index (χ1v) is 6.36. The lowest BCUT2D eigenvalue weighted by molar-refractivity contribution is 0.0358. The molecule has 106 valence electrons. The lowest BCUT2D eigenvalue weighted by Gasteiger charge is -2.26. The molecule has 1 aromatic carbocycles. The van der Waals surface area contributed by atoms with Gasteiger partial charge < -0.3 is 9.47 Å². The maximum atomic E-state index is 10.6. The van der Waals surface area contributed by atoms with Gasteiger partial charge in [-0.2, -0.15) is 0 Å². The van der Waals surface area contributed by atoms with Crippen molar-refractivity contribution in [3.63, 3.8) is 0 Å². The van der Waals surface area contributed by atoms with Crippen molar-refractivity contribution in [2.24, 2.45) is 0 Å². The third-order valence-electron chi connectivity index (χ3n) is 2.99. The fraction of sp³-hybridized carbons (Fsp3) is 0.500. The number of morpholine rings is 1. The largest absolute Gasteiger partial charge is 0.494 e. The highest BCUT2D eigenvalue weighted by molar-refractivity contribution is 5.85. The fourth-order valence-electron chi connectivity index (χ4n) is 1.98. The number of benzene rings is 1. The maximum absolute atomic E-state index is 10.6. The third kappa shape index (κ3) is 5.59. The smallest absolute Gasteiger partial charge is 0.150 e. The van der Waals surface area contributed by atoms with Crippen molar-refractivity contribution in [1.82, 2.24) is 4.90 Å². The lowest BCUT2D eigenvalue weighted by Crippen LogP contribution is -2.37. The summed E-state index contributed by atoms with van der Waals surface area (Å²) < 4.78 is 10.9. The molecule has 5 heteroatoms. The lowest BCUT2D eigenvalue weighted by atomic mass is 10.2. The van der Waals surface area contributed by atoms with Crippen molar-refractivity contribution in [2.45, 2.75) is 6.42 Å². The van der Waals surface area contributed by atoms with E-state index in [1.54, 1.807) is 12.1 Å². The van der Waals surface area contributed by atoms with Gasteiger partial charge in [0.15, 0.2) is 0 Å². The van der Waals surface area contributed by atoms with Crippen LogP contribution in [-0.2, 0) is 4.74 Å².